The summed E-state index contributed by atoms with van der Waals surface area (Å²) in [6, 6.07) is 49.5. The van der Waals surface area contributed by atoms with Crippen molar-refractivity contribution in [2.24, 2.45) is 10.6 Å². The molecule has 1 aromatic heterocycles. The molecule has 18 heteroatoms. The van der Waals surface area contributed by atoms with Gasteiger partial charge in [0.05, 0.1) is 0 Å². The monoisotopic (exact) mass is 1030 g/mol. The number of carboxylic acids is 1. The minimum atomic E-state index is -1.96. The quantitative estimate of drug-likeness (QED) is 0.0163. The molecule has 6 aromatic carbocycles. The highest BCUT2D eigenvalue weighted by molar-refractivity contribution is 7.86. The molecule has 10 rings (SSSR count). The molecule has 4 atom stereocenters. The van der Waals surface area contributed by atoms with Gasteiger partial charge in [-0.15, -0.1) is 11.3 Å². The van der Waals surface area contributed by atoms with Crippen molar-refractivity contribution in [3.8, 4) is 11.5 Å². The van der Waals surface area contributed by atoms with Crippen molar-refractivity contribution in [1.29, 1.82) is 0 Å². The summed E-state index contributed by atoms with van der Waals surface area (Å²) in [5.41, 5.74) is 2.70. The van der Waals surface area contributed by atoms with Gasteiger partial charge in [0.1, 0.15) is 28.1 Å². The van der Waals surface area contributed by atoms with E-state index in [4.69, 9.17) is 14.6 Å². The van der Waals surface area contributed by atoms with Gasteiger partial charge in [0.25, 0.3) is 5.91 Å². The first-order valence-corrected chi connectivity index (χ1v) is 26.1. The van der Waals surface area contributed by atoms with Gasteiger partial charge < -0.3 is 40.4 Å². The first-order valence-electron chi connectivity index (χ1n) is 23.8. The van der Waals surface area contributed by atoms with Crippen molar-refractivity contribution in [1.82, 2.24) is 20.1 Å². The SMILES string of the molecule is O=C(CON=C(C(=O)NC1C(=O)N2CC(CN3CCc4cc(O)c(O)cc4C3)(C(=O)O)CS(=O)[C@H]12)c1csc(NC(c2ccccc2)(c2ccccc2)c2ccccc2)n1)OC(c1ccccc1)c1ccccc1. The number of phenols is 2. The Bertz CT molecular complexity index is 3100. The van der Waals surface area contributed by atoms with Crippen molar-refractivity contribution < 1.29 is 48.3 Å². The number of carbonyl (C=O) groups is 4. The number of rotatable bonds is 17. The molecule has 7 aromatic rings. The Morgan fingerprint density at radius 1 is 0.811 bits per heavy atom. The lowest BCUT2D eigenvalue weighted by Gasteiger charge is -2.54. The first kappa shape index (κ1) is 49.4. The number of oxime groups is 1. The fourth-order valence-corrected chi connectivity index (χ4v) is 12.8. The van der Waals surface area contributed by atoms with Crippen LogP contribution in [0.25, 0.3) is 0 Å². The van der Waals surface area contributed by atoms with Crippen LogP contribution >= 0.6 is 11.3 Å². The zero-order valence-electron chi connectivity index (χ0n) is 39.7. The largest absolute Gasteiger partial charge is 0.504 e. The second-order valence-corrected chi connectivity index (χ2v) is 20.8. The molecule has 2 fully saturated rings. The standard InChI is InChI=1S/C56H50N6O10S2/c63-44-28-38-26-27-61(30-39(38)29-45(44)64)33-55(53(68)69)34-62-51(67)48(52(62)74(70)35-55)58-50(66)47(60-71-31-46(65)72-49(36-16-6-1-7-17-36)37-18-8-2-9-19-37)43-32-73-54(57-43)59-56(40-20-10-3-11-21-40,41-22-12-4-13-23-41)42-24-14-5-15-25-42/h1-25,28-29,32,48-49,52,63-64H,26-27,30-31,33-35H2,(H,57,59)(H,58,66)(H,68,69)/t48?,52-,55?,74?/m1/s1. The van der Waals surface area contributed by atoms with Gasteiger partial charge in [-0.05, 0) is 57.5 Å². The third-order valence-electron chi connectivity index (χ3n) is 13.6. The Balaban J connectivity index is 0.922. The number of nitrogens with zero attached hydrogens (tertiary/aromatic N) is 4. The number of hydrogen-bond acceptors (Lipinski definition) is 14. The van der Waals surface area contributed by atoms with Gasteiger partial charge in [0, 0.05) is 48.1 Å². The van der Waals surface area contributed by atoms with Crippen LogP contribution in [0.15, 0.2) is 174 Å². The minimum absolute atomic E-state index is 0.0304. The fraction of sp³-hybridized carbons (Fsp3) is 0.214. The maximum absolute atomic E-state index is 14.6. The zero-order valence-corrected chi connectivity index (χ0v) is 41.3. The van der Waals surface area contributed by atoms with Gasteiger partial charge >= 0.3 is 11.9 Å². The average Bonchev–Trinajstić information content (AvgIpc) is 3.90. The molecule has 3 aliphatic heterocycles. The Hall–Kier alpha value is -8.19. The van der Waals surface area contributed by atoms with E-state index in [9.17, 15) is 38.7 Å². The number of carbonyl (C=O) groups excluding carboxylic acids is 3. The van der Waals surface area contributed by atoms with Crippen LogP contribution in [0, 0.1) is 5.41 Å². The second kappa shape index (κ2) is 21.1. The number of anilines is 1. The second-order valence-electron chi connectivity index (χ2n) is 18.4. The molecular formula is C56H50N6O10S2. The van der Waals surface area contributed by atoms with E-state index in [0.717, 1.165) is 38.9 Å². The summed E-state index contributed by atoms with van der Waals surface area (Å²) >= 11 is 1.18. The number of β-lactam (4-membered cyclic amide) rings is 1. The summed E-state index contributed by atoms with van der Waals surface area (Å²) in [5, 5.41) is 42.3. The van der Waals surface area contributed by atoms with Crippen molar-refractivity contribution in [3.63, 3.8) is 0 Å². The molecule has 3 unspecified atom stereocenters. The van der Waals surface area contributed by atoms with Crippen LogP contribution in [0.3, 0.4) is 0 Å². The van der Waals surface area contributed by atoms with E-state index in [2.05, 4.69) is 15.8 Å². The first-order chi connectivity index (χ1) is 35.9. The number of benzene rings is 6. The Labute approximate surface area is 432 Å². The maximum Gasteiger partial charge on any atom is 0.347 e. The molecule has 0 bridgehead atoms. The maximum atomic E-state index is 14.6. The van der Waals surface area contributed by atoms with Crippen LogP contribution in [0.1, 0.15) is 50.7 Å². The number of aromatic nitrogens is 1. The van der Waals surface area contributed by atoms with E-state index < -0.39 is 75.3 Å². The topological polar surface area (TPSA) is 220 Å². The molecule has 5 N–H and O–H groups in total. The fourth-order valence-electron chi connectivity index (χ4n) is 10.0. The van der Waals surface area contributed by atoms with E-state index in [1.807, 2.05) is 157 Å². The summed E-state index contributed by atoms with van der Waals surface area (Å²) in [7, 11) is -1.96. The average molecular weight is 1030 g/mol. The lowest BCUT2D eigenvalue weighted by molar-refractivity contribution is -0.160. The van der Waals surface area contributed by atoms with Crippen molar-refractivity contribution in [2.45, 2.75) is 36.0 Å². The molecule has 2 saturated heterocycles. The van der Waals surface area contributed by atoms with E-state index in [1.165, 1.54) is 28.4 Å². The van der Waals surface area contributed by atoms with Gasteiger partial charge in [-0.1, -0.05) is 157 Å². The number of phenolic OH excluding ortho intramolecular Hbond substituents is 2. The predicted molar refractivity (Wildman–Crippen MR) is 278 cm³/mol. The van der Waals surface area contributed by atoms with Crippen LogP contribution in [-0.4, -0.2) is 107 Å². The molecule has 0 spiro atoms. The molecule has 0 saturated carbocycles. The molecule has 3 aliphatic rings. The summed E-state index contributed by atoms with van der Waals surface area (Å²) in [5.74, 6) is -4.41. The molecule has 2 amide bonds. The van der Waals surface area contributed by atoms with Gasteiger partial charge in [0.2, 0.25) is 12.5 Å². The van der Waals surface area contributed by atoms with E-state index >= 15 is 0 Å². The number of fused-ring (bicyclic) bond motifs is 2. The molecule has 0 radical (unpaired) electrons. The van der Waals surface area contributed by atoms with Crippen LogP contribution in [-0.2, 0) is 58.1 Å². The lowest BCUT2D eigenvalue weighted by Crippen LogP contribution is -2.78. The summed E-state index contributed by atoms with van der Waals surface area (Å²) in [4.78, 5) is 68.9. The van der Waals surface area contributed by atoms with Crippen LogP contribution in [0.2, 0.25) is 0 Å². The summed E-state index contributed by atoms with van der Waals surface area (Å²) in [6.07, 6.45) is -0.306. The van der Waals surface area contributed by atoms with Gasteiger partial charge in [-0.2, -0.15) is 0 Å². The summed E-state index contributed by atoms with van der Waals surface area (Å²) < 4.78 is 20.1. The number of aliphatic carboxylic acids is 1. The van der Waals surface area contributed by atoms with Gasteiger partial charge in [0.15, 0.2) is 28.4 Å². The number of esters is 1. The predicted octanol–water partition coefficient (Wildman–Crippen LogP) is 6.56. The minimum Gasteiger partial charge on any atom is -0.504 e. The Kier molecular flexibility index (Phi) is 14.1. The smallest absolute Gasteiger partial charge is 0.347 e. The number of carboxylic acid groups (broad SMARTS) is 1. The molecule has 376 valence electrons. The lowest BCUT2D eigenvalue weighted by atomic mass is 9.77. The molecule has 16 nitrogen and oxygen atoms in total. The highest BCUT2D eigenvalue weighted by Gasteiger charge is 2.61. The number of hydrogen-bond donors (Lipinski definition) is 5. The van der Waals surface area contributed by atoms with Crippen LogP contribution in [0.4, 0.5) is 5.13 Å². The third-order valence-corrected chi connectivity index (χ3v) is 16.3. The third kappa shape index (κ3) is 9.86. The van der Waals surface area contributed by atoms with Crippen LogP contribution < -0.4 is 10.6 Å². The van der Waals surface area contributed by atoms with Gasteiger partial charge in [-0.3, -0.25) is 23.5 Å². The normalized spacial score (nSPS) is 19.6. The highest BCUT2D eigenvalue weighted by atomic mass is 32.2. The van der Waals surface area contributed by atoms with Gasteiger partial charge in [-0.25, -0.2) is 9.78 Å². The van der Waals surface area contributed by atoms with E-state index in [0.29, 0.717) is 18.1 Å². The van der Waals surface area contributed by atoms with Crippen molar-refractivity contribution in [2.75, 3.05) is 37.3 Å². The Morgan fingerprint density at radius 2 is 1.35 bits per heavy atom. The van der Waals surface area contributed by atoms with E-state index in [-0.39, 0.29) is 42.6 Å². The Morgan fingerprint density at radius 3 is 1.91 bits per heavy atom. The molecule has 74 heavy (non-hydrogen) atoms. The molecule has 0 aliphatic carbocycles. The van der Waals surface area contributed by atoms with Crippen molar-refractivity contribution >= 4 is 56.7 Å². The number of thiazole rings is 1. The molecular weight excluding hydrogens is 981 g/mol. The van der Waals surface area contributed by atoms with Crippen molar-refractivity contribution in [3.05, 3.63) is 214 Å². The number of amides is 2. The number of ether oxygens (including phenoxy) is 1. The highest BCUT2D eigenvalue weighted by Crippen LogP contribution is 2.42. The van der Waals surface area contributed by atoms with E-state index in [1.54, 1.807) is 5.38 Å². The summed E-state index contributed by atoms with van der Waals surface area (Å²) in [6.45, 7) is -0.328. The zero-order chi connectivity index (χ0) is 51.4. The number of aromatic hydroxyl groups is 2. The van der Waals surface area contributed by atoms with Crippen LogP contribution in [0.5, 0.6) is 11.5 Å². The molecule has 4 heterocycles. The number of nitrogens with one attached hydrogen (secondary N) is 2.